The number of benzene rings is 2. The van der Waals surface area contributed by atoms with Gasteiger partial charge in [-0.15, -0.1) is 11.8 Å². The molecule has 3 rings (SSSR count). The van der Waals surface area contributed by atoms with Crippen LogP contribution in [0, 0.1) is 5.82 Å². The molecule has 0 spiro atoms. The van der Waals surface area contributed by atoms with Gasteiger partial charge in [-0.3, -0.25) is 0 Å². The summed E-state index contributed by atoms with van der Waals surface area (Å²) in [7, 11) is 0. The zero-order valence-corrected chi connectivity index (χ0v) is 11.3. The van der Waals surface area contributed by atoms with Crippen molar-refractivity contribution in [1.82, 2.24) is 0 Å². The van der Waals surface area contributed by atoms with Gasteiger partial charge >= 0.3 is 0 Å². The molecule has 0 aliphatic carbocycles. The fraction of sp³-hybridized carbons (Fsp3) is 0.200. The number of nitrogens with zero attached hydrogens (tertiary/aromatic N) is 1. The summed E-state index contributed by atoms with van der Waals surface area (Å²) in [5.41, 5.74) is 8.77. The van der Waals surface area contributed by atoms with E-state index in [0.29, 0.717) is 0 Å². The average molecular weight is 274 g/mol. The summed E-state index contributed by atoms with van der Waals surface area (Å²) in [6.45, 7) is 1.67. The summed E-state index contributed by atoms with van der Waals surface area (Å²) in [6.07, 6.45) is 0. The van der Waals surface area contributed by atoms with Crippen LogP contribution < -0.4 is 10.6 Å². The van der Waals surface area contributed by atoms with Crippen LogP contribution in [0.3, 0.4) is 0 Å². The molecule has 1 heterocycles. The third-order valence-electron chi connectivity index (χ3n) is 3.20. The fourth-order valence-electron chi connectivity index (χ4n) is 2.31. The smallest absolute Gasteiger partial charge is 0.123 e. The Hall–Kier alpha value is -1.68. The monoisotopic (exact) mass is 274 g/mol. The average Bonchev–Trinajstić information content (AvgIpc) is 2.39. The van der Waals surface area contributed by atoms with Crippen molar-refractivity contribution >= 4 is 23.1 Å². The summed E-state index contributed by atoms with van der Waals surface area (Å²) in [5, 5.41) is 0. The minimum Gasteiger partial charge on any atom is -0.399 e. The van der Waals surface area contributed by atoms with E-state index in [9.17, 15) is 4.39 Å². The first kappa shape index (κ1) is 12.4. The molecule has 0 atom stereocenters. The standard InChI is InChI=1S/C15H15FN2S/c16-12-3-1-2-11(8-12)10-18-6-7-19-15-5-4-13(17)9-14(15)18/h1-5,8-9H,6-7,10,17H2. The lowest BCUT2D eigenvalue weighted by molar-refractivity contribution is 0.624. The van der Waals surface area contributed by atoms with Crippen LogP contribution in [0.1, 0.15) is 5.56 Å². The van der Waals surface area contributed by atoms with Gasteiger partial charge in [-0.2, -0.15) is 0 Å². The van der Waals surface area contributed by atoms with Crippen LogP contribution in [0.5, 0.6) is 0 Å². The van der Waals surface area contributed by atoms with Crippen LogP contribution in [0.4, 0.5) is 15.8 Å². The van der Waals surface area contributed by atoms with Crippen molar-refractivity contribution in [3.63, 3.8) is 0 Å². The molecule has 0 saturated heterocycles. The van der Waals surface area contributed by atoms with Gasteiger partial charge < -0.3 is 10.6 Å². The van der Waals surface area contributed by atoms with Crippen molar-refractivity contribution in [2.75, 3.05) is 22.9 Å². The number of nitrogens with two attached hydrogens (primary N) is 1. The fourth-order valence-corrected chi connectivity index (χ4v) is 3.34. The Morgan fingerprint density at radius 3 is 2.95 bits per heavy atom. The van der Waals surface area contributed by atoms with Crippen LogP contribution in [-0.2, 0) is 6.54 Å². The molecule has 0 unspecified atom stereocenters. The molecule has 1 aliphatic heterocycles. The summed E-state index contributed by atoms with van der Waals surface area (Å²) in [4.78, 5) is 3.51. The van der Waals surface area contributed by atoms with Crippen LogP contribution in [0.25, 0.3) is 0 Å². The number of thioether (sulfide) groups is 1. The maximum atomic E-state index is 13.2. The Kier molecular flexibility index (Phi) is 3.34. The molecule has 0 radical (unpaired) electrons. The predicted octanol–water partition coefficient (Wildman–Crippen LogP) is 3.52. The zero-order valence-electron chi connectivity index (χ0n) is 10.5. The lowest BCUT2D eigenvalue weighted by atomic mass is 10.2. The Morgan fingerprint density at radius 1 is 1.21 bits per heavy atom. The molecule has 2 nitrogen and oxygen atoms in total. The molecule has 0 amide bonds. The van der Waals surface area contributed by atoms with E-state index in [1.807, 2.05) is 30.0 Å². The Balaban J connectivity index is 1.89. The second-order valence-corrected chi connectivity index (χ2v) is 5.76. The number of hydrogen-bond donors (Lipinski definition) is 1. The highest BCUT2D eigenvalue weighted by Crippen LogP contribution is 2.36. The van der Waals surface area contributed by atoms with Crippen LogP contribution >= 0.6 is 11.8 Å². The summed E-state index contributed by atoms with van der Waals surface area (Å²) >= 11 is 1.84. The molecule has 2 aromatic carbocycles. The lowest BCUT2D eigenvalue weighted by Gasteiger charge is -2.31. The van der Waals surface area contributed by atoms with Crippen molar-refractivity contribution in [2.45, 2.75) is 11.4 Å². The third kappa shape index (κ3) is 2.68. The molecule has 2 N–H and O–H groups in total. The minimum atomic E-state index is -0.184. The van der Waals surface area contributed by atoms with E-state index in [-0.39, 0.29) is 5.82 Å². The first-order valence-electron chi connectivity index (χ1n) is 6.24. The molecule has 0 fully saturated rings. The highest BCUT2D eigenvalue weighted by molar-refractivity contribution is 7.99. The quantitative estimate of drug-likeness (QED) is 0.850. The van der Waals surface area contributed by atoms with Crippen molar-refractivity contribution < 1.29 is 4.39 Å². The number of anilines is 2. The molecule has 2 aromatic rings. The molecular weight excluding hydrogens is 259 g/mol. The topological polar surface area (TPSA) is 29.3 Å². The molecule has 0 bridgehead atoms. The summed E-state index contributed by atoms with van der Waals surface area (Å²) < 4.78 is 13.2. The SMILES string of the molecule is Nc1ccc2c(c1)N(Cc1cccc(F)c1)CCS2. The molecule has 98 valence electrons. The van der Waals surface area contributed by atoms with Gasteiger partial charge in [0.05, 0.1) is 5.69 Å². The van der Waals surface area contributed by atoms with Gasteiger partial charge in [-0.25, -0.2) is 4.39 Å². The molecule has 1 aliphatic rings. The number of nitrogen functional groups attached to an aromatic ring is 1. The van der Waals surface area contributed by atoms with E-state index in [1.54, 1.807) is 12.1 Å². The Morgan fingerprint density at radius 2 is 2.11 bits per heavy atom. The number of hydrogen-bond acceptors (Lipinski definition) is 3. The molecule has 19 heavy (non-hydrogen) atoms. The second kappa shape index (κ2) is 5.13. The summed E-state index contributed by atoms with van der Waals surface area (Å²) in [5.74, 6) is 0.864. The van der Waals surface area contributed by atoms with Gasteiger partial charge in [-0.1, -0.05) is 12.1 Å². The van der Waals surface area contributed by atoms with E-state index >= 15 is 0 Å². The molecular formula is C15H15FN2S. The van der Waals surface area contributed by atoms with Gasteiger partial charge in [-0.05, 0) is 35.9 Å². The van der Waals surface area contributed by atoms with Crippen LogP contribution in [-0.4, -0.2) is 12.3 Å². The van der Waals surface area contributed by atoms with Crippen molar-refractivity contribution in [3.05, 3.63) is 53.8 Å². The maximum absolute atomic E-state index is 13.2. The molecule has 0 saturated carbocycles. The van der Waals surface area contributed by atoms with Gasteiger partial charge in [0.2, 0.25) is 0 Å². The first-order valence-corrected chi connectivity index (χ1v) is 7.23. The van der Waals surface area contributed by atoms with E-state index in [2.05, 4.69) is 11.0 Å². The van der Waals surface area contributed by atoms with E-state index in [4.69, 9.17) is 5.73 Å². The van der Waals surface area contributed by atoms with E-state index < -0.39 is 0 Å². The Bertz CT molecular complexity index is 600. The molecule has 4 heteroatoms. The number of halogens is 1. The van der Waals surface area contributed by atoms with Crippen molar-refractivity contribution in [1.29, 1.82) is 0 Å². The van der Waals surface area contributed by atoms with Crippen molar-refractivity contribution in [2.24, 2.45) is 0 Å². The van der Waals surface area contributed by atoms with Gasteiger partial charge in [0.25, 0.3) is 0 Å². The number of rotatable bonds is 2. The van der Waals surface area contributed by atoms with Gasteiger partial charge in [0.15, 0.2) is 0 Å². The highest BCUT2D eigenvalue weighted by Gasteiger charge is 2.17. The van der Waals surface area contributed by atoms with Gasteiger partial charge in [0.1, 0.15) is 5.82 Å². The Labute approximate surface area is 116 Å². The van der Waals surface area contributed by atoms with Gasteiger partial charge in [0, 0.05) is 29.4 Å². The predicted molar refractivity (Wildman–Crippen MR) is 79.0 cm³/mol. The lowest BCUT2D eigenvalue weighted by Crippen LogP contribution is -2.28. The molecule has 0 aromatic heterocycles. The van der Waals surface area contributed by atoms with Crippen molar-refractivity contribution in [3.8, 4) is 0 Å². The van der Waals surface area contributed by atoms with Crippen LogP contribution in [0.15, 0.2) is 47.4 Å². The minimum absolute atomic E-state index is 0.184. The summed E-state index contributed by atoms with van der Waals surface area (Å²) in [6, 6.07) is 12.8. The maximum Gasteiger partial charge on any atom is 0.123 e. The second-order valence-electron chi connectivity index (χ2n) is 4.63. The van der Waals surface area contributed by atoms with Crippen LogP contribution in [0.2, 0.25) is 0 Å². The van der Waals surface area contributed by atoms with E-state index in [0.717, 1.165) is 35.8 Å². The zero-order chi connectivity index (χ0) is 13.2. The first-order chi connectivity index (χ1) is 9.22. The third-order valence-corrected chi connectivity index (χ3v) is 4.25. The largest absolute Gasteiger partial charge is 0.399 e. The van der Waals surface area contributed by atoms with E-state index in [1.165, 1.54) is 11.0 Å². The highest BCUT2D eigenvalue weighted by atomic mass is 32.2. The number of fused-ring (bicyclic) bond motifs is 1. The normalized spacial score (nSPS) is 14.3.